The van der Waals surface area contributed by atoms with Crippen LogP contribution in [0.4, 0.5) is 0 Å². The van der Waals surface area contributed by atoms with Crippen molar-refractivity contribution in [2.45, 2.75) is 30.6 Å². The number of amides is 1. The Hall–Kier alpha value is -0.0500. The molecule has 58 valence electrons. The number of alkyl halides is 1. The lowest BCUT2D eigenvalue weighted by Crippen LogP contribution is -2.33. The molecule has 1 aliphatic rings. The minimum absolute atomic E-state index is 0.0295. The third-order valence-electron chi connectivity index (χ3n) is 1.78. The fourth-order valence-corrected chi connectivity index (χ4v) is 1.25. The second-order valence-electron chi connectivity index (χ2n) is 2.80. The van der Waals surface area contributed by atoms with Crippen LogP contribution in [0.25, 0.3) is 0 Å². The summed E-state index contributed by atoms with van der Waals surface area (Å²) in [6.07, 6.45) is 2.37. The highest BCUT2D eigenvalue weighted by Crippen LogP contribution is 2.26. The van der Waals surface area contributed by atoms with Crippen molar-refractivity contribution in [1.29, 1.82) is 0 Å². The molecule has 0 bridgehead atoms. The van der Waals surface area contributed by atoms with Crippen LogP contribution in [0, 0.1) is 0 Å². The number of carbonyl (C=O) groups is 1. The largest absolute Gasteiger partial charge is 0.342 e. The second-order valence-corrected chi connectivity index (χ2v) is 4.17. The first kappa shape index (κ1) is 8.05. The van der Waals surface area contributed by atoms with Gasteiger partial charge in [0.2, 0.25) is 5.91 Å². The summed E-state index contributed by atoms with van der Waals surface area (Å²) in [4.78, 5) is 13.0. The lowest BCUT2D eigenvalue weighted by Gasteiger charge is -2.17. The fraction of sp³-hybridized carbons (Fsp3) is 0.857. The van der Waals surface area contributed by atoms with Crippen LogP contribution >= 0.6 is 15.9 Å². The Morgan fingerprint density at radius 1 is 1.70 bits per heavy atom. The van der Waals surface area contributed by atoms with E-state index in [1.165, 1.54) is 12.8 Å². The van der Waals surface area contributed by atoms with Gasteiger partial charge in [-0.2, -0.15) is 0 Å². The van der Waals surface area contributed by atoms with E-state index in [0.29, 0.717) is 6.04 Å². The van der Waals surface area contributed by atoms with E-state index in [1.54, 1.807) is 0 Å². The number of hydrogen-bond acceptors (Lipinski definition) is 1. The van der Waals surface area contributed by atoms with Crippen molar-refractivity contribution >= 4 is 21.8 Å². The maximum Gasteiger partial charge on any atom is 0.236 e. The Morgan fingerprint density at radius 3 is 2.50 bits per heavy atom. The van der Waals surface area contributed by atoms with Gasteiger partial charge in [-0.3, -0.25) is 4.79 Å². The normalized spacial score (nSPS) is 20.3. The van der Waals surface area contributed by atoms with Gasteiger partial charge in [0.05, 0.1) is 4.83 Å². The van der Waals surface area contributed by atoms with Crippen molar-refractivity contribution in [3.63, 3.8) is 0 Å². The molecule has 0 aliphatic heterocycles. The Kier molecular flexibility index (Phi) is 2.34. The maximum absolute atomic E-state index is 11.2. The summed E-state index contributed by atoms with van der Waals surface area (Å²) in [7, 11) is 1.87. The molecule has 0 radical (unpaired) electrons. The number of rotatable bonds is 2. The highest BCUT2D eigenvalue weighted by Gasteiger charge is 2.30. The summed E-state index contributed by atoms with van der Waals surface area (Å²) < 4.78 is 0. The van der Waals surface area contributed by atoms with Gasteiger partial charge in [0.15, 0.2) is 0 Å². The molecule has 0 saturated heterocycles. The highest BCUT2D eigenvalue weighted by atomic mass is 79.9. The number of nitrogens with zero attached hydrogens (tertiary/aromatic N) is 1. The van der Waals surface area contributed by atoms with E-state index in [4.69, 9.17) is 0 Å². The van der Waals surface area contributed by atoms with Crippen molar-refractivity contribution in [1.82, 2.24) is 4.90 Å². The zero-order valence-corrected chi connectivity index (χ0v) is 7.89. The van der Waals surface area contributed by atoms with Crippen LogP contribution in [0.15, 0.2) is 0 Å². The standard InChI is InChI=1S/C7H12BrNO/c1-5(8)7(10)9(2)6-3-4-6/h5-6H,3-4H2,1-2H3. The van der Waals surface area contributed by atoms with Gasteiger partial charge in [-0.25, -0.2) is 0 Å². The van der Waals surface area contributed by atoms with Gasteiger partial charge in [0.25, 0.3) is 0 Å². The molecule has 0 aromatic rings. The van der Waals surface area contributed by atoms with E-state index in [9.17, 15) is 4.79 Å². The summed E-state index contributed by atoms with van der Waals surface area (Å²) in [5.74, 6) is 0.197. The van der Waals surface area contributed by atoms with Crippen LogP contribution in [0.3, 0.4) is 0 Å². The highest BCUT2D eigenvalue weighted by molar-refractivity contribution is 9.10. The topological polar surface area (TPSA) is 20.3 Å². The molecular weight excluding hydrogens is 194 g/mol. The van der Waals surface area contributed by atoms with Crippen LogP contribution in [0.5, 0.6) is 0 Å². The van der Waals surface area contributed by atoms with E-state index in [0.717, 1.165) is 0 Å². The van der Waals surface area contributed by atoms with E-state index in [1.807, 2.05) is 18.9 Å². The molecular formula is C7H12BrNO. The van der Waals surface area contributed by atoms with Crippen molar-refractivity contribution < 1.29 is 4.79 Å². The van der Waals surface area contributed by atoms with Gasteiger partial charge < -0.3 is 4.90 Å². The van der Waals surface area contributed by atoms with Crippen molar-refractivity contribution in [3.8, 4) is 0 Å². The predicted octanol–water partition coefficient (Wildman–Crippen LogP) is 1.39. The first-order valence-corrected chi connectivity index (χ1v) is 4.45. The maximum atomic E-state index is 11.2. The molecule has 1 rings (SSSR count). The molecule has 0 heterocycles. The molecule has 3 heteroatoms. The van der Waals surface area contributed by atoms with Crippen molar-refractivity contribution in [2.24, 2.45) is 0 Å². The van der Waals surface area contributed by atoms with Gasteiger partial charge in [0.1, 0.15) is 0 Å². The van der Waals surface area contributed by atoms with Crippen LogP contribution in [0.2, 0.25) is 0 Å². The Balaban J connectivity index is 2.38. The summed E-state index contributed by atoms with van der Waals surface area (Å²) in [5, 5.41) is 0. The Bertz CT molecular complexity index is 143. The van der Waals surface area contributed by atoms with Gasteiger partial charge >= 0.3 is 0 Å². The summed E-state index contributed by atoms with van der Waals surface area (Å²) in [6.45, 7) is 1.86. The predicted molar refractivity (Wildman–Crippen MR) is 44.2 cm³/mol. The van der Waals surface area contributed by atoms with Crippen LogP contribution in [-0.4, -0.2) is 28.7 Å². The first-order chi connectivity index (χ1) is 4.63. The Morgan fingerprint density at radius 2 is 2.20 bits per heavy atom. The first-order valence-electron chi connectivity index (χ1n) is 3.53. The van der Waals surface area contributed by atoms with E-state index >= 15 is 0 Å². The molecule has 0 N–H and O–H groups in total. The van der Waals surface area contributed by atoms with Crippen molar-refractivity contribution in [3.05, 3.63) is 0 Å². The molecule has 0 aromatic carbocycles. The number of hydrogen-bond donors (Lipinski definition) is 0. The van der Waals surface area contributed by atoms with E-state index in [-0.39, 0.29) is 10.7 Å². The second kappa shape index (κ2) is 2.91. The van der Waals surface area contributed by atoms with Crippen LogP contribution in [-0.2, 0) is 4.79 Å². The Labute approximate surface area is 69.7 Å². The van der Waals surface area contributed by atoms with Crippen LogP contribution in [0.1, 0.15) is 19.8 Å². The molecule has 1 atom stereocenters. The van der Waals surface area contributed by atoms with E-state index in [2.05, 4.69) is 15.9 Å². The SMILES string of the molecule is CC(Br)C(=O)N(C)C1CC1. The third-order valence-corrected chi connectivity index (χ3v) is 2.17. The molecule has 0 aromatic heterocycles. The summed E-state index contributed by atoms with van der Waals surface area (Å²) in [6, 6.07) is 0.535. The smallest absolute Gasteiger partial charge is 0.236 e. The monoisotopic (exact) mass is 205 g/mol. The third kappa shape index (κ3) is 1.72. The zero-order valence-electron chi connectivity index (χ0n) is 6.30. The number of carbonyl (C=O) groups excluding carboxylic acids is 1. The molecule has 1 fully saturated rings. The van der Waals surface area contributed by atoms with Crippen molar-refractivity contribution in [2.75, 3.05) is 7.05 Å². The molecule has 1 aliphatic carbocycles. The molecule has 10 heavy (non-hydrogen) atoms. The van der Waals surface area contributed by atoms with Gasteiger partial charge in [0, 0.05) is 13.1 Å². The van der Waals surface area contributed by atoms with E-state index < -0.39 is 0 Å². The average molecular weight is 206 g/mol. The molecule has 1 amide bonds. The summed E-state index contributed by atoms with van der Waals surface area (Å²) >= 11 is 3.25. The average Bonchev–Trinajstić information content (AvgIpc) is 2.65. The van der Waals surface area contributed by atoms with Gasteiger partial charge in [-0.05, 0) is 19.8 Å². The van der Waals surface area contributed by atoms with Gasteiger partial charge in [-0.15, -0.1) is 0 Å². The fourth-order valence-electron chi connectivity index (χ4n) is 0.922. The molecule has 2 nitrogen and oxygen atoms in total. The molecule has 1 saturated carbocycles. The summed E-state index contributed by atoms with van der Waals surface area (Å²) in [5.41, 5.74) is 0. The van der Waals surface area contributed by atoms with Gasteiger partial charge in [-0.1, -0.05) is 15.9 Å². The lowest BCUT2D eigenvalue weighted by atomic mass is 10.4. The quantitative estimate of drug-likeness (QED) is 0.625. The molecule has 1 unspecified atom stereocenters. The molecule has 0 spiro atoms. The minimum Gasteiger partial charge on any atom is -0.342 e. The minimum atomic E-state index is -0.0295. The zero-order chi connectivity index (χ0) is 7.72. The van der Waals surface area contributed by atoms with Crippen LogP contribution < -0.4 is 0 Å². The lowest BCUT2D eigenvalue weighted by molar-refractivity contribution is -0.129. The number of halogens is 1.